The number of rotatable bonds is 5. The summed E-state index contributed by atoms with van der Waals surface area (Å²) in [6.45, 7) is 2.58. The van der Waals surface area contributed by atoms with Gasteiger partial charge in [0.2, 0.25) is 0 Å². The molecule has 0 spiro atoms. The van der Waals surface area contributed by atoms with Crippen LogP contribution in [0.15, 0.2) is 54.6 Å². The molecule has 1 aromatic heterocycles. The van der Waals surface area contributed by atoms with Gasteiger partial charge < -0.3 is 9.30 Å². The van der Waals surface area contributed by atoms with Gasteiger partial charge in [-0.1, -0.05) is 45.3 Å². The number of aryl methyl sites for hydroxylation is 2. The highest BCUT2D eigenvalue weighted by atomic mass is 31.0. The van der Waals surface area contributed by atoms with Gasteiger partial charge in [-0.2, -0.15) is 0 Å². The largest absolute Gasteiger partial charge is 0.494 e. The van der Waals surface area contributed by atoms with Crippen molar-refractivity contribution in [3.63, 3.8) is 0 Å². The van der Waals surface area contributed by atoms with Crippen LogP contribution >= 0.6 is 8.86 Å². The van der Waals surface area contributed by atoms with Gasteiger partial charge in [-0.25, -0.2) is 9.37 Å². The Kier molecular flexibility index (Phi) is 5.30. The van der Waals surface area contributed by atoms with Crippen LogP contribution in [0, 0.1) is 17.8 Å². The van der Waals surface area contributed by atoms with Crippen LogP contribution in [-0.2, 0) is 13.0 Å². The molecule has 3 rings (SSSR count). The fraction of sp³-hybridized carbons (Fsp3) is 0.200. The van der Waals surface area contributed by atoms with E-state index < -0.39 is 5.82 Å². The Labute approximate surface area is 149 Å². The van der Waals surface area contributed by atoms with Crippen molar-refractivity contribution >= 4 is 8.86 Å². The number of halogens is 1. The van der Waals surface area contributed by atoms with Gasteiger partial charge in [0, 0.05) is 12.2 Å². The van der Waals surface area contributed by atoms with E-state index in [2.05, 4.69) is 26.0 Å². The molecule has 25 heavy (non-hydrogen) atoms. The maximum Gasteiger partial charge on any atom is 0.175 e. The van der Waals surface area contributed by atoms with Crippen molar-refractivity contribution in [2.45, 2.75) is 19.9 Å². The average Bonchev–Trinajstić information content (AvgIpc) is 2.61. The normalized spacial score (nSPS) is 10.7. The third-order valence-corrected chi connectivity index (χ3v) is 4.48. The van der Waals surface area contributed by atoms with Gasteiger partial charge in [0.15, 0.2) is 11.6 Å². The minimum Gasteiger partial charge on any atom is -0.494 e. The Morgan fingerprint density at radius 1 is 1.12 bits per heavy atom. The SMILES string of the molecule is COc1cccc(-c2nc(C)cc(=P)n2CCc2ccccc2)c1F. The Morgan fingerprint density at radius 3 is 2.60 bits per heavy atom. The maximum absolute atomic E-state index is 14.8. The number of aromatic nitrogens is 2. The van der Waals surface area contributed by atoms with Crippen molar-refractivity contribution in [2.24, 2.45) is 0 Å². The number of hydrogen-bond acceptors (Lipinski definition) is 2. The molecular formula is C20H20FN2OP. The summed E-state index contributed by atoms with van der Waals surface area (Å²) >= 11 is 0. The Hall–Kier alpha value is -2.45. The monoisotopic (exact) mass is 354 g/mol. The van der Waals surface area contributed by atoms with E-state index in [1.807, 2.05) is 35.8 Å². The molecule has 0 radical (unpaired) electrons. The number of hydrogen-bond donors (Lipinski definition) is 0. The van der Waals surface area contributed by atoms with Crippen molar-refractivity contribution in [2.75, 3.05) is 7.11 Å². The zero-order valence-corrected chi connectivity index (χ0v) is 15.3. The van der Waals surface area contributed by atoms with E-state index in [0.29, 0.717) is 17.9 Å². The van der Waals surface area contributed by atoms with Crippen molar-refractivity contribution in [3.8, 4) is 17.1 Å². The molecule has 0 amide bonds. The Balaban J connectivity index is 2.06. The van der Waals surface area contributed by atoms with E-state index >= 15 is 0 Å². The van der Waals surface area contributed by atoms with Gasteiger partial charge in [-0.15, -0.1) is 0 Å². The topological polar surface area (TPSA) is 27.1 Å². The third-order valence-electron chi connectivity index (χ3n) is 4.07. The van der Waals surface area contributed by atoms with Gasteiger partial charge in [-0.3, -0.25) is 0 Å². The summed E-state index contributed by atoms with van der Waals surface area (Å²) in [5, 5.41) is 0.862. The lowest BCUT2D eigenvalue weighted by Crippen LogP contribution is -2.10. The van der Waals surface area contributed by atoms with Gasteiger partial charge >= 0.3 is 0 Å². The van der Waals surface area contributed by atoms with Crippen molar-refractivity contribution < 1.29 is 9.13 Å². The fourth-order valence-corrected chi connectivity index (χ4v) is 3.23. The zero-order valence-electron chi connectivity index (χ0n) is 14.3. The molecule has 0 N–H and O–H groups in total. The van der Waals surface area contributed by atoms with Gasteiger partial charge in [0.1, 0.15) is 5.82 Å². The van der Waals surface area contributed by atoms with E-state index in [1.54, 1.807) is 18.2 Å². The van der Waals surface area contributed by atoms with E-state index in [4.69, 9.17) is 4.74 Å². The smallest absolute Gasteiger partial charge is 0.175 e. The highest BCUT2D eigenvalue weighted by Crippen LogP contribution is 2.28. The molecule has 0 aliphatic carbocycles. The van der Waals surface area contributed by atoms with Gasteiger partial charge in [0.25, 0.3) is 0 Å². The molecule has 0 fully saturated rings. The second kappa shape index (κ2) is 7.62. The predicted octanol–water partition coefficient (Wildman–Crippen LogP) is 4.92. The number of methoxy groups -OCH3 is 1. The summed E-state index contributed by atoms with van der Waals surface area (Å²) in [6, 6.07) is 17.2. The molecule has 0 unspecified atom stereocenters. The number of ether oxygens (including phenoxy) is 1. The van der Waals surface area contributed by atoms with Crippen molar-refractivity contribution in [3.05, 3.63) is 76.7 Å². The maximum atomic E-state index is 14.8. The number of nitrogens with zero attached hydrogens (tertiary/aromatic N) is 2. The molecule has 128 valence electrons. The van der Waals surface area contributed by atoms with E-state index in [9.17, 15) is 4.39 Å². The minimum atomic E-state index is -0.400. The fourth-order valence-electron chi connectivity index (χ4n) is 2.81. The Bertz CT molecular complexity index is 938. The molecule has 0 atom stereocenters. The van der Waals surface area contributed by atoms with Crippen LogP contribution in [0.3, 0.4) is 0 Å². The molecule has 3 nitrogen and oxygen atoms in total. The summed E-state index contributed by atoms with van der Waals surface area (Å²) < 4.78 is 21.9. The summed E-state index contributed by atoms with van der Waals surface area (Å²) in [7, 11) is 5.12. The quantitative estimate of drug-likeness (QED) is 0.608. The second-order valence-electron chi connectivity index (χ2n) is 5.82. The predicted molar refractivity (Wildman–Crippen MR) is 101 cm³/mol. The van der Waals surface area contributed by atoms with Crippen LogP contribution in [-0.4, -0.2) is 16.7 Å². The second-order valence-corrected chi connectivity index (χ2v) is 6.33. The highest BCUT2D eigenvalue weighted by molar-refractivity contribution is 7.06. The molecule has 0 bridgehead atoms. The highest BCUT2D eigenvalue weighted by Gasteiger charge is 2.15. The van der Waals surface area contributed by atoms with E-state index in [0.717, 1.165) is 17.2 Å². The van der Waals surface area contributed by atoms with Crippen molar-refractivity contribution in [1.29, 1.82) is 0 Å². The van der Waals surface area contributed by atoms with E-state index in [1.165, 1.54) is 12.7 Å². The molecule has 2 aromatic carbocycles. The molecule has 3 aromatic rings. The number of benzene rings is 2. The first-order chi connectivity index (χ1) is 12.1. The first-order valence-electron chi connectivity index (χ1n) is 8.10. The summed E-state index contributed by atoms with van der Waals surface area (Å²) in [6.07, 6.45) is 0.826. The molecule has 1 heterocycles. The lowest BCUT2D eigenvalue weighted by atomic mass is 10.1. The van der Waals surface area contributed by atoms with Crippen molar-refractivity contribution in [1.82, 2.24) is 9.55 Å². The van der Waals surface area contributed by atoms with E-state index in [-0.39, 0.29) is 5.75 Å². The summed E-state index contributed by atoms with van der Waals surface area (Å²) in [4.78, 5) is 4.59. The van der Waals surface area contributed by atoms with Crippen LogP contribution in [0.5, 0.6) is 5.75 Å². The summed E-state index contributed by atoms with van der Waals surface area (Å²) in [5.41, 5.74) is 2.47. The summed E-state index contributed by atoms with van der Waals surface area (Å²) in [5.74, 6) is 0.394. The molecular weight excluding hydrogens is 334 g/mol. The van der Waals surface area contributed by atoms with Gasteiger partial charge in [0.05, 0.1) is 17.7 Å². The third kappa shape index (κ3) is 3.80. The zero-order chi connectivity index (χ0) is 17.8. The van der Waals surface area contributed by atoms with Crippen LogP contribution < -0.4 is 4.74 Å². The first-order valence-corrected chi connectivity index (χ1v) is 8.60. The molecule has 0 aliphatic heterocycles. The van der Waals surface area contributed by atoms with Crippen LogP contribution in [0.25, 0.3) is 11.4 Å². The first kappa shape index (κ1) is 17.4. The standard InChI is InChI=1S/C20H20FN2OP/c1-14-13-18(25)23(12-11-15-7-4-3-5-8-15)20(22-14)16-9-6-10-17(24-2)19(16)21/h3-10,13,25H,11-12H2,1-2H3. The lowest BCUT2D eigenvalue weighted by molar-refractivity contribution is 0.387. The molecule has 5 heteroatoms. The van der Waals surface area contributed by atoms with Crippen LogP contribution in [0.4, 0.5) is 4.39 Å². The minimum absolute atomic E-state index is 0.214. The van der Waals surface area contributed by atoms with Crippen LogP contribution in [0.1, 0.15) is 11.3 Å². The van der Waals surface area contributed by atoms with Gasteiger partial charge in [-0.05, 0) is 37.1 Å². The lowest BCUT2D eigenvalue weighted by Gasteiger charge is -2.16. The Morgan fingerprint density at radius 2 is 1.88 bits per heavy atom. The molecule has 0 saturated heterocycles. The average molecular weight is 354 g/mol. The molecule has 0 saturated carbocycles. The molecule has 0 aliphatic rings. The van der Waals surface area contributed by atoms with Crippen LogP contribution in [0.2, 0.25) is 0 Å².